The summed E-state index contributed by atoms with van der Waals surface area (Å²) in [6.45, 7) is 1.21. The van der Waals surface area contributed by atoms with Gasteiger partial charge in [0.25, 0.3) is 0 Å². The SMILES string of the molecule is COc1ccccc1Oc1ccc(Cl)cc1NC(=O)CN(c1cccc(Cl)c1C)S(C)(=O)=O. The largest absolute Gasteiger partial charge is 0.493 e. The number of nitrogens with zero attached hydrogens (tertiary/aromatic N) is 1. The summed E-state index contributed by atoms with van der Waals surface area (Å²) >= 11 is 12.3. The van der Waals surface area contributed by atoms with Gasteiger partial charge in [-0.05, 0) is 55.0 Å². The van der Waals surface area contributed by atoms with Gasteiger partial charge in [-0.3, -0.25) is 9.10 Å². The minimum Gasteiger partial charge on any atom is -0.493 e. The second-order valence-corrected chi connectivity index (χ2v) is 9.85. The van der Waals surface area contributed by atoms with Crippen LogP contribution in [0, 0.1) is 6.92 Å². The van der Waals surface area contributed by atoms with Crippen LogP contribution in [0.4, 0.5) is 11.4 Å². The molecule has 0 bridgehead atoms. The molecule has 174 valence electrons. The number of sulfonamides is 1. The molecule has 1 amide bonds. The molecule has 0 unspecified atom stereocenters. The van der Waals surface area contributed by atoms with Gasteiger partial charge in [0.05, 0.1) is 24.7 Å². The van der Waals surface area contributed by atoms with Crippen LogP contribution in [0.5, 0.6) is 17.2 Å². The van der Waals surface area contributed by atoms with Crippen molar-refractivity contribution < 1.29 is 22.7 Å². The van der Waals surface area contributed by atoms with Crippen LogP contribution in [0.2, 0.25) is 10.0 Å². The molecule has 0 radical (unpaired) electrons. The Hall–Kier alpha value is -2.94. The Morgan fingerprint density at radius 1 is 1.00 bits per heavy atom. The second kappa shape index (κ2) is 10.3. The number of halogens is 2. The van der Waals surface area contributed by atoms with Gasteiger partial charge in [-0.1, -0.05) is 41.4 Å². The van der Waals surface area contributed by atoms with Crippen LogP contribution in [0.25, 0.3) is 0 Å². The molecule has 0 aliphatic rings. The molecule has 1 N–H and O–H groups in total. The van der Waals surface area contributed by atoms with Crippen LogP contribution in [-0.4, -0.2) is 34.2 Å². The number of hydrogen-bond acceptors (Lipinski definition) is 5. The summed E-state index contributed by atoms with van der Waals surface area (Å²) in [6.07, 6.45) is 1.02. The fourth-order valence-corrected chi connectivity index (χ4v) is 4.33. The highest BCUT2D eigenvalue weighted by molar-refractivity contribution is 7.92. The van der Waals surface area contributed by atoms with Gasteiger partial charge in [0.15, 0.2) is 17.2 Å². The fourth-order valence-electron chi connectivity index (χ4n) is 3.08. The highest BCUT2D eigenvalue weighted by atomic mass is 35.5. The maximum Gasteiger partial charge on any atom is 0.245 e. The molecule has 0 saturated heterocycles. The van der Waals surface area contributed by atoms with E-state index >= 15 is 0 Å². The summed E-state index contributed by atoms with van der Waals surface area (Å²) in [5.41, 5.74) is 1.13. The highest BCUT2D eigenvalue weighted by Crippen LogP contribution is 2.36. The maximum atomic E-state index is 12.9. The van der Waals surface area contributed by atoms with E-state index in [9.17, 15) is 13.2 Å². The molecule has 0 aliphatic heterocycles. The molecule has 0 heterocycles. The molecular formula is C23H22Cl2N2O5S. The first-order chi connectivity index (χ1) is 15.6. The standard InChI is InChI=1S/C23H22Cl2N2O5S/c1-15-17(25)7-6-8-19(15)27(33(3,29)30)14-23(28)26-18-13-16(24)11-12-20(18)32-22-10-5-4-9-21(22)31-2/h4-13H,14H2,1-3H3,(H,26,28). The van der Waals surface area contributed by atoms with E-state index in [0.29, 0.717) is 38.5 Å². The lowest BCUT2D eigenvalue weighted by molar-refractivity contribution is -0.114. The van der Waals surface area contributed by atoms with Gasteiger partial charge in [0.1, 0.15) is 6.54 Å². The van der Waals surface area contributed by atoms with Crippen LogP contribution in [0.3, 0.4) is 0 Å². The lowest BCUT2D eigenvalue weighted by atomic mass is 10.2. The predicted octanol–water partition coefficient (Wildman–Crippen LogP) is 5.51. The third-order valence-electron chi connectivity index (χ3n) is 4.70. The molecule has 33 heavy (non-hydrogen) atoms. The van der Waals surface area contributed by atoms with Crippen molar-refractivity contribution in [2.75, 3.05) is 29.5 Å². The first-order valence-electron chi connectivity index (χ1n) is 9.73. The Morgan fingerprint density at radius 3 is 2.36 bits per heavy atom. The van der Waals surface area contributed by atoms with Gasteiger partial charge in [-0.25, -0.2) is 8.42 Å². The Morgan fingerprint density at radius 2 is 1.70 bits per heavy atom. The van der Waals surface area contributed by atoms with Gasteiger partial charge < -0.3 is 14.8 Å². The molecule has 0 aromatic heterocycles. The molecule has 3 aromatic carbocycles. The van der Waals surface area contributed by atoms with Gasteiger partial charge in [0.2, 0.25) is 15.9 Å². The lowest BCUT2D eigenvalue weighted by Crippen LogP contribution is -2.38. The zero-order valence-corrected chi connectivity index (χ0v) is 20.5. The molecule has 0 aliphatic carbocycles. The Kier molecular flexibility index (Phi) is 7.73. The number of para-hydroxylation sites is 2. The van der Waals surface area contributed by atoms with Crippen LogP contribution in [0.15, 0.2) is 60.7 Å². The van der Waals surface area contributed by atoms with Crippen molar-refractivity contribution in [3.8, 4) is 17.2 Å². The smallest absolute Gasteiger partial charge is 0.245 e. The number of hydrogen-bond donors (Lipinski definition) is 1. The summed E-state index contributed by atoms with van der Waals surface area (Å²) in [7, 11) is -2.26. The normalized spacial score (nSPS) is 11.1. The number of methoxy groups -OCH3 is 1. The van der Waals surface area contributed by atoms with Crippen molar-refractivity contribution in [2.45, 2.75) is 6.92 Å². The number of ether oxygens (including phenoxy) is 2. The van der Waals surface area contributed by atoms with E-state index in [-0.39, 0.29) is 5.69 Å². The van der Waals surface area contributed by atoms with Gasteiger partial charge in [0, 0.05) is 10.0 Å². The Labute approximate surface area is 202 Å². The van der Waals surface area contributed by atoms with E-state index in [1.807, 2.05) is 0 Å². The number of rotatable bonds is 8. The van der Waals surface area contributed by atoms with E-state index in [0.717, 1.165) is 10.6 Å². The van der Waals surface area contributed by atoms with Crippen LogP contribution in [-0.2, 0) is 14.8 Å². The third kappa shape index (κ3) is 6.10. The average Bonchev–Trinajstić information content (AvgIpc) is 2.76. The fraction of sp³-hybridized carbons (Fsp3) is 0.174. The molecule has 3 rings (SSSR count). The molecule has 3 aromatic rings. The third-order valence-corrected chi connectivity index (χ3v) is 6.47. The summed E-state index contributed by atoms with van der Waals surface area (Å²) in [5.74, 6) is 0.656. The molecule has 0 saturated carbocycles. The number of benzene rings is 3. The minimum atomic E-state index is -3.78. The van der Waals surface area contributed by atoms with Gasteiger partial charge in [-0.15, -0.1) is 0 Å². The van der Waals surface area contributed by atoms with Crippen molar-refractivity contribution in [3.05, 3.63) is 76.3 Å². The second-order valence-electron chi connectivity index (χ2n) is 7.10. The average molecular weight is 509 g/mol. The zero-order valence-electron chi connectivity index (χ0n) is 18.1. The summed E-state index contributed by atoms with van der Waals surface area (Å²) in [4.78, 5) is 12.9. The first kappa shape index (κ1) is 24.7. The molecule has 7 nitrogen and oxygen atoms in total. The molecule has 0 fully saturated rings. The van der Waals surface area contributed by atoms with Gasteiger partial charge in [-0.2, -0.15) is 0 Å². The minimum absolute atomic E-state index is 0.273. The van der Waals surface area contributed by atoms with Crippen molar-refractivity contribution in [3.63, 3.8) is 0 Å². The van der Waals surface area contributed by atoms with E-state index in [1.54, 1.807) is 61.5 Å². The van der Waals surface area contributed by atoms with Crippen molar-refractivity contribution in [2.24, 2.45) is 0 Å². The zero-order chi connectivity index (χ0) is 24.2. The van der Waals surface area contributed by atoms with E-state index in [1.165, 1.54) is 13.2 Å². The van der Waals surface area contributed by atoms with Crippen LogP contribution in [0.1, 0.15) is 5.56 Å². The number of anilines is 2. The maximum absolute atomic E-state index is 12.9. The molecule has 0 atom stereocenters. The topological polar surface area (TPSA) is 84.9 Å². The number of carbonyl (C=O) groups excluding carboxylic acids is 1. The van der Waals surface area contributed by atoms with E-state index in [4.69, 9.17) is 32.7 Å². The van der Waals surface area contributed by atoms with E-state index < -0.39 is 22.5 Å². The summed E-state index contributed by atoms with van der Waals surface area (Å²) in [6, 6.07) is 16.6. The lowest BCUT2D eigenvalue weighted by Gasteiger charge is -2.24. The summed E-state index contributed by atoms with van der Waals surface area (Å²) in [5, 5.41) is 3.44. The highest BCUT2D eigenvalue weighted by Gasteiger charge is 2.24. The first-order valence-corrected chi connectivity index (χ1v) is 12.3. The number of carbonyl (C=O) groups is 1. The van der Waals surface area contributed by atoms with Crippen molar-refractivity contribution in [1.29, 1.82) is 0 Å². The van der Waals surface area contributed by atoms with Crippen LogP contribution < -0.4 is 19.1 Å². The number of nitrogens with one attached hydrogen (secondary N) is 1. The number of amides is 1. The molecular weight excluding hydrogens is 487 g/mol. The van der Waals surface area contributed by atoms with E-state index in [2.05, 4.69) is 5.32 Å². The van der Waals surface area contributed by atoms with Crippen molar-refractivity contribution >= 4 is 50.5 Å². The van der Waals surface area contributed by atoms with Crippen molar-refractivity contribution in [1.82, 2.24) is 0 Å². The molecule has 10 heteroatoms. The monoisotopic (exact) mass is 508 g/mol. The summed E-state index contributed by atoms with van der Waals surface area (Å²) < 4.78 is 37.1. The Bertz CT molecular complexity index is 1280. The van der Waals surface area contributed by atoms with Crippen LogP contribution >= 0.6 is 23.2 Å². The molecule has 0 spiro atoms. The quantitative estimate of drug-likeness (QED) is 0.433. The Balaban J connectivity index is 1.89. The predicted molar refractivity (Wildman–Crippen MR) is 132 cm³/mol. The van der Waals surface area contributed by atoms with Gasteiger partial charge >= 0.3 is 0 Å².